The van der Waals surface area contributed by atoms with Crippen molar-refractivity contribution >= 4 is 28.7 Å². The molecule has 2 aromatic rings. The molecule has 8 nitrogen and oxygen atoms in total. The third-order valence-corrected chi connectivity index (χ3v) is 2.80. The molecule has 0 amide bonds. The first kappa shape index (κ1) is 12.2. The van der Waals surface area contributed by atoms with Crippen LogP contribution in [0.2, 0.25) is 0 Å². The number of nitrogens with zero attached hydrogens (tertiary/aromatic N) is 4. The standard InChI is InChI=1S/C9H10N6O2S/c1-10-8-7(15(16)17)9(13-4-12-8)11-2-6-3-18-5-14-6/h3-5H,2H2,1H3,(H2,10,11,12,13). The van der Waals surface area contributed by atoms with E-state index in [1.54, 1.807) is 12.6 Å². The first-order valence-electron chi connectivity index (χ1n) is 5.00. The van der Waals surface area contributed by atoms with Gasteiger partial charge in [-0.2, -0.15) is 0 Å². The lowest BCUT2D eigenvalue weighted by Gasteiger charge is -2.06. The van der Waals surface area contributed by atoms with Gasteiger partial charge in [-0.3, -0.25) is 10.1 Å². The smallest absolute Gasteiger partial charge is 0.353 e. The minimum absolute atomic E-state index is 0.171. The third-order valence-electron chi connectivity index (χ3n) is 2.16. The summed E-state index contributed by atoms with van der Waals surface area (Å²) in [4.78, 5) is 22.2. The molecule has 0 aliphatic heterocycles. The van der Waals surface area contributed by atoms with E-state index in [0.29, 0.717) is 6.54 Å². The Balaban J connectivity index is 2.24. The van der Waals surface area contributed by atoms with Gasteiger partial charge in [0.1, 0.15) is 6.33 Å². The molecule has 0 aliphatic carbocycles. The van der Waals surface area contributed by atoms with E-state index in [0.717, 1.165) is 5.69 Å². The van der Waals surface area contributed by atoms with Crippen LogP contribution in [0.3, 0.4) is 0 Å². The Kier molecular flexibility index (Phi) is 3.63. The highest BCUT2D eigenvalue weighted by Gasteiger charge is 2.21. The van der Waals surface area contributed by atoms with E-state index in [1.807, 2.05) is 5.38 Å². The van der Waals surface area contributed by atoms with Gasteiger partial charge in [-0.05, 0) is 0 Å². The summed E-state index contributed by atoms with van der Waals surface area (Å²) in [6, 6.07) is 0. The SMILES string of the molecule is CNc1ncnc(NCc2cscn2)c1[N+](=O)[O-]. The zero-order valence-corrected chi connectivity index (χ0v) is 10.3. The number of nitrogens with one attached hydrogen (secondary N) is 2. The maximum absolute atomic E-state index is 11.0. The Morgan fingerprint density at radius 2 is 2.17 bits per heavy atom. The number of thiazole rings is 1. The van der Waals surface area contributed by atoms with E-state index < -0.39 is 4.92 Å². The van der Waals surface area contributed by atoms with E-state index in [9.17, 15) is 10.1 Å². The molecule has 2 heterocycles. The molecule has 0 aromatic carbocycles. The average Bonchev–Trinajstić information content (AvgIpc) is 2.88. The molecule has 0 spiro atoms. The molecule has 0 unspecified atom stereocenters. The zero-order valence-electron chi connectivity index (χ0n) is 9.45. The highest BCUT2D eigenvalue weighted by molar-refractivity contribution is 7.07. The maximum Gasteiger partial charge on any atom is 0.353 e. The summed E-state index contributed by atoms with van der Waals surface area (Å²) >= 11 is 1.46. The molecule has 0 fully saturated rings. The predicted octanol–water partition coefficient (Wildman–Crippen LogP) is 1.50. The topological polar surface area (TPSA) is 106 Å². The van der Waals surface area contributed by atoms with Crippen molar-refractivity contribution in [3.05, 3.63) is 33.0 Å². The Labute approximate surface area is 106 Å². The molecule has 0 saturated heterocycles. The van der Waals surface area contributed by atoms with Crippen molar-refractivity contribution in [3.8, 4) is 0 Å². The van der Waals surface area contributed by atoms with Gasteiger partial charge in [0.05, 0.1) is 22.7 Å². The van der Waals surface area contributed by atoms with Crippen molar-refractivity contribution in [1.82, 2.24) is 15.0 Å². The molecule has 9 heteroatoms. The van der Waals surface area contributed by atoms with Crippen LogP contribution in [0.25, 0.3) is 0 Å². The third kappa shape index (κ3) is 2.51. The van der Waals surface area contributed by atoms with Gasteiger partial charge >= 0.3 is 5.69 Å². The van der Waals surface area contributed by atoms with Crippen LogP contribution in [0.15, 0.2) is 17.2 Å². The Morgan fingerprint density at radius 1 is 1.39 bits per heavy atom. The van der Waals surface area contributed by atoms with Crippen LogP contribution >= 0.6 is 11.3 Å². The van der Waals surface area contributed by atoms with Crippen LogP contribution < -0.4 is 10.6 Å². The zero-order chi connectivity index (χ0) is 13.0. The summed E-state index contributed by atoms with van der Waals surface area (Å²) in [5.41, 5.74) is 2.33. The van der Waals surface area contributed by atoms with Crippen LogP contribution in [0.5, 0.6) is 0 Å². The number of nitro groups is 1. The van der Waals surface area contributed by atoms with Gasteiger partial charge < -0.3 is 10.6 Å². The molecular weight excluding hydrogens is 256 g/mol. The quantitative estimate of drug-likeness (QED) is 0.623. The maximum atomic E-state index is 11.0. The second-order valence-electron chi connectivity index (χ2n) is 3.26. The fourth-order valence-corrected chi connectivity index (χ4v) is 1.92. The summed E-state index contributed by atoms with van der Waals surface area (Å²) in [5, 5.41) is 18.4. The van der Waals surface area contributed by atoms with Gasteiger partial charge in [-0.15, -0.1) is 11.3 Å². The second kappa shape index (κ2) is 5.36. The van der Waals surface area contributed by atoms with Gasteiger partial charge in [0.15, 0.2) is 0 Å². The number of hydrogen-bond acceptors (Lipinski definition) is 8. The molecule has 0 radical (unpaired) electrons. The summed E-state index contributed by atoms with van der Waals surface area (Å²) < 4.78 is 0. The Bertz CT molecular complexity index is 544. The fraction of sp³-hybridized carbons (Fsp3) is 0.222. The van der Waals surface area contributed by atoms with Crippen LogP contribution in [0.1, 0.15) is 5.69 Å². The van der Waals surface area contributed by atoms with Crippen LogP contribution in [-0.4, -0.2) is 26.9 Å². The molecule has 0 saturated carbocycles. The van der Waals surface area contributed by atoms with Crippen LogP contribution in [0, 0.1) is 10.1 Å². The van der Waals surface area contributed by atoms with Crippen molar-refractivity contribution in [2.45, 2.75) is 6.54 Å². The van der Waals surface area contributed by atoms with Gasteiger partial charge in [0.2, 0.25) is 11.6 Å². The fourth-order valence-electron chi connectivity index (χ4n) is 1.36. The van der Waals surface area contributed by atoms with Crippen molar-refractivity contribution in [2.24, 2.45) is 0 Å². The minimum Gasteiger partial charge on any atom is -0.367 e. The molecule has 0 bridgehead atoms. The number of anilines is 2. The minimum atomic E-state index is -0.519. The molecular formula is C9H10N6O2S. The number of aromatic nitrogens is 3. The Hall–Kier alpha value is -2.29. The normalized spacial score (nSPS) is 10.1. The van der Waals surface area contributed by atoms with Gasteiger partial charge in [-0.1, -0.05) is 0 Å². The Morgan fingerprint density at radius 3 is 2.78 bits per heavy atom. The van der Waals surface area contributed by atoms with Crippen LogP contribution in [-0.2, 0) is 6.54 Å². The second-order valence-corrected chi connectivity index (χ2v) is 3.98. The highest BCUT2D eigenvalue weighted by Crippen LogP contribution is 2.28. The largest absolute Gasteiger partial charge is 0.367 e. The first-order valence-corrected chi connectivity index (χ1v) is 5.94. The molecule has 2 rings (SSSR count). The van der Waals surface area contributed by atoms with Gasteiger partial charge in [0, 0.05) is 12.4 Å². The molecule has 18 heavy (non-hydrogen) atoms. The van der Waals surface area contributed by atoms with Crippen molar-refractivity contribution in [1.29, 1.82) is 0 Å². The summed E-state index contributed by atoms with van der Waals surface area (Å²) in [7, 11) is 1.57. The highest BCUT2D eigenvalue weighted by atomic mass is 32.1. The van der Waals surface area contributed by atoms with Gasteiger partial charge in [-0.25, -0.2) is 15.0 Å². The van der Waals surface area contributed by atoms with Crippen LogP contribution in [0.4, 0.5) is 17.3 Å². The molecule has 94 valence electrons. The molecule has 0 atom stereocenters. The van der Waals surface area contributed by atoms with E-state index >= 15 is 0 Å². The lowest BCUT2D eigenvalue weighted by Crippen LogP contribution is -2.08. The number of hydrogen-bond donors (Lipinski definition) is 2. The van der Waals surface area contributed by atoms with Gasteiger partial charge in [0.25, 0.3) is 0 Å². The summed E-state index contributed by atoms with van der Waals surface area (Å²) in [5.74, 6) is 0.350. The molecule has 2 N–H and O–H groups in total. The van der Waals surface area contributed by atoms with Crippen molar-refractivity contribution in [2.75, 3.05) is 17.7 Å². The lowest BCUT2D eigenvalue weighted by molar-refractivity contribution is -0.383. The van der Waals surface area contributed by atoms with E-state index in [1.165, 1.54) is 17.7 Å². The van der Waals surface area contributed by atoms with Crippen molar-refractivity contribution < 1.29 is 4.92 Å². The number of rotatable bonds is 5. The monoisotopic (exact) mass is 266 g/mol. The van der Waals surface area contributed by atoms with E-state index in [2.05, 4.69) is 25.6 Å². The lowest BCUT2D eigenvalue weighted by atomic mass is 10.4. The predicted molar refractivity (Wildman–Crippen MR) is 67.7 cm³/mol. The summed E-state index contributed by atoms with van der Waals surface area (Å²) in [6.45, 7) is 0.379. The molecule has 0 aliphatic rings. The van der Waals surface area contributed by atoms with E-state index in [4.69, 9.17) is 0 Å². The van der Waals surface area contributed by atoms with E-state index in [-0.39, 0.29) is 17.3 Å². The average molecular weight is 266 g/mol. The first-order chi connectivity index (χ1) is 8.72. The summed E-state index contributed by atoms with van der Waals surface area (Å²) in [6.07, 6.45) is 1.27. The van der Waals surface area contributed by atoms with Crippen molar-refractivity contribution in [3.63, 3.8) is 0 Å². The molecule has 2 aromatic heterocycles.